The van der Waals surface area contributed by atoms with Crippen LogP contribution in [0, 0.1) is 11.8 Å². The Bertz CT molecular complexity index is 951. The zero-order chi connectivity index (χ0) is 25.9. The van der Waals surface area contributed by atoms with E-state index in [1.807, 2.05) is 13.8 Å². The van der Waals surface area contributed by atoms with Crippen molar-refractivity contribution in [3.8, 4) is 5.75 Å². The molecule has 0 spiro atoms. The normalized spacial score (nSPS) is 24.1. The van der Waals surface area contributed by atoms with E-state index in [2.05, 4.69) is 5.32 Å². The van der Waals surface area contributed by atoms with E-state index < -0.39 is 18.5 Å². The predicted molar refractivity (Wildman–Crippen MR) is 122 cm³/mol. The number of likely N-dealkylation sites (N-methyl/N-ethyl adjacent to an activating group) is 1. The maximum Gasteiger partial charge on any atom is 0.397 e. The SMILES string of the molecule is CO[C@H]1CN(C)C(=O)c2ccc(NC(=O)CC(F)(F)F)cc2OC[C@@H](C)N(C(=O)C2CC2)C[C@@H]1C. The van der Waals surface area contributed by atoms with Gasteiger partial charge in [0.2, 0.25) is 11.8 Å². The van der Waals surface area contributed by atoms with Gasteiger partial charge in [0.25, 0.3) is 5.91 Å². The first-order valence-electron chi connectivity index (χ1n) is 11.6. The van der Waals surface area contributed by atoms with Crippen molar-refractivity contribution in [2.24, 2.45) is 11.8 Å². The summed E-state index contributed by atoms with van der Waals surface area (Å²) in [5.74, 6) is -1.46. The molecule has 1 aromatic carbocycles. The van der Waals surface area contributed by atoms with E-state index in [-0.39, 0.29) is 65.9 Å². The Morgan fingerprint density at radius 1 is 1.20 bits per heavy atom. The molecule has 8 nitrogen and oxygen atoms in total. The van der Waals surface area contributed by atoms with Crippen LogP contribution in [0.1, 0.15) is 43.5 Å². The van der Waals surface area contributed by atoms with Gasteiger partial charge in [-0.15, -0.1) is 0 Å². The molecule has 0 bridgehead atoms. The van der Waals surface area contributed by atoms with Gasteiger partial charge >= 0.3 is 6.18 Å². The molecule has 2 aliphatic rings. The van der Waals surface area contributed by atoms with Crippen molar-refractivity contribution in [2.45, 2.75) is 51.4 Å². The molecule has 1 heterocycles. The molecule has 11 heteroatoms. The van der Waals surface area contributed by atoms with Gasteiger partial charge in [0.1, 0.15) is 18.8 Å². The number of hydrogen-bond donors (Lipinski definition) is 1. The number of halogens is 3. The van der Waals surface area contributed by atoms with Crippen LogP contribution < -0.4 is 10.1 Å². The Hall–Kier alpha value is -2.82. The van der Waals surface area contributed by atoms with Gasteiger partial charge < -0.3 is 24.6 Å². The van der Waals surface area contributed by atoms with Crippen molar-refractivity contribution >= 4 is 23.4 Å². The quantitative estimate of drug-likeness (QED) is 0.687. The van der Waals surface area contributed by atoms with Crippen molar-refractivity contribution < 1.29 is 37.0 Å². The summed E-state index contributed by atoms with van der Waals surface area (Å²) in [5.41, 5.74) is 0.263. The van der Waals surface area contributed by atoms with Gasteiger partial charge in [-0.1, -0.05) is 6.92 Å². The third-order valence-corrected chi connectivity index (χ3v) is 6.30. The van der Waals surface area contributed by atoms with Crippen LogP contribution in [0.4, 0.5) is 18.9 Å². The highest BCUT2D eigenvalue weighted by Crippen LogP contribution is 2.33. The summed E-state index contributed by atoms with van der Waals surface area (Å²) < 4.78 is 49.2. The average Bonchev–Trinajstić information content (AvgIpc) is 3.61. The number of nitrogens with zero attached hydrogens (tertiary/aromatic N) is 2. The van der Waals surface area contributed by atoms with Crippen LogP contribution in [0.5, 0.6) is 5.75 Å². The average molecular weight is 500 g/mol. The monoisotopic (exact) mass is 499 g/mol. The number of rotatable bonds is 4. The van der Waals surface area contributed by atoms with Crippen LogP contribution in [0.25, 0.3) is 0 Å². The lowest BCUT2D eigenvalue weighted by atomic mass is 10.0. The molecule has 1 saturated carbocycles. The summed E-state index contributed by atoms with van der Waals surface area (Å²) in [4.78, 5) is 41.2. The van der Waals surface area contributed by atoms with E-state index in [9.17, 15) is 27.6 Å². The lowest BCUT2D eigenvalue weighted by Crippen LogP contribution is -2.49. The van der Waals surface area contributed by atoms with Crippen LogP contribution in [-0.2, 0) is 14.3 Å². The number of anilines is 1. The summed E-state index contributed by atoms with van der Waals surface area (Å²) in [7, 11) is 3.18. The van der Waals surface area contributed by atoms with Gasteiger partial charge in [0, 0.05) is 50.8 Å². The van der Waals surface area contributed by atoms with Crippen LogP contribution in [-0.4, -0.2) is 79.7 Å². The van der Waals surface area contributed by atoms with Gasteiger partial charge in [-0.3, -0.25) is 14.4 Å². The first-order chi connectivity index (χ1) is 16.4. The Kier molecular flexibility index (Phi) is 8.30. The molecule has 3 atom stereocenters. The first-order valence-corrected chi connectivity index (χ1v) is 11.6. The second-order valence-corrected chi connectivity index (χ2v) is 9.41. The largest absolute Gasteiger partial charge is 0.491 e. The zero-order valence-electron chi connectivity index (χ0n) is 20.4. The number of alkyl halides is 3. The third-order valence-electron chi connectivity index (χ3n) is 6.30. The molecule has 0 saturated heterocycles. The Labute approximate surface area is 202 Å². The van der Waals surface area contributed by atoms with Gasteiger partial charge in [0.15, 0.2) is 0 Å². The van der Waals surface area contributed by atoms with Gasteiger partial charge in [-0.25, -0.2) is 0 Å². The van der Waals surface area contributed by atoms with Crippen molar-refractivity contribution in [1.82, 2.24) is 9.80 Å². The minimum atomic E-state index is -4.64. The number of methoxy groups -OCH3 is 1. The fourth-order valence-electron chi connectivity index (χ4n) is 4.11. The number of benzene rings is 1. The van der Waals surface area contributed by atoms with Gasteiger partial charge in [0.05, 0.1) is 17.7 Å². The molecule has 3 rings (SSSR count). The van der Waals surface area contributed by atoms with E-state index in [0.29, 0.717) is 6.54 Å². The molecule has 194 valence electrons. The lowest BCUT2D eigenvalue weighted by Gasteiger charge is -2.36. The molecule has 3 amide bonds. The predicted octanol–water partition coefficient (Wildman–Crippen LogP) is 3.32. The van der Waals surface area contributed by atoms with E-state index in [1.165, 1.54) is 23.1 Å². The van der Waals surface area contributed by atoms with E-state index in [1.54, 1.807) is 19.1 Å². The molecule has 1 aromatic rings. The fourth-order valence-corrected chi connectivity index (χ4v) is 4.11. The highest BCUT2D eigenvalue weighted by molar-refractivity contribution is 5.98. The number of hydrogen-bond acceptors (Lipinski definition) is 5. The minimum Gasteiger partial charge on any atom is -0.491 e. The minimum absolute atomic E-state index is 0.00513. The maximum absolute atomic E-state index is 13.2. The summed E-state index contributed by atoms with van der Waals surface area (Å²) in [5, 5.41) is 2.20. The molecule has 1 aliphatic heterocycles. The smallest absolute Gasteiger partial charge is 0.397 e. The molecular weight excluding hydrogens is 467 g/mol. The lowest BCUT2D eigenvalue weighted by molar-refractivity contribution is -0.150. The van der Waals surface area contributed by atoms with E-state index >= 15 is 0 Å². The highest BCUT2D eigenvalue weighted by atomic mass is 19.4. The maximum atomic E-state index is 13.2. The molecule has 0 unspecified atom stereocenters. The number of carbonyl (C=O) groups is 3. The zero-order valence-corrected chi connectivity index (χ0v) is 20.4. The Morgan fingerprint density at radius 3 is 2.49 bits per heavy atom. The molecule has 1 aliphatic carbocycles. The summed E-state index contributed by atoms with van der Waals surface area (Å²) in [6.45, 7) is 4.58. The Morgan fingerprint density at radius 2 is 1.89 bits per heavy atom. The number of carbonyl (C=O) groups excluding carboxylic acids is 3. The van der Waals surface area contributed by atoms with Gasteiger partial charge in [-0.05, 0) is 31.9 Å². The third kappa shape index (κ3) is 7.09. The number of ether oxygens (including phenoxy) is 2. The van der Waals surface area contributed by atoms with Crippen molar-refractivity contribution in [1.29, 1.82) is 0 Å². The molecule has 0 radical (unpaired) electrons. The standard InChI is InChI=1S/C24H32F3N3O5/c1-14-11-30(22(32)16-5-6-16)15(2)13-35-19-9-17(28-21(31)10-24(25,26)27)7-8-18(19)23(33)29(3)12-20(14)34-4/h7-9,14-16,20H,5-6,10-13H2,1-4H3,(H,28,31)/t14-,15+,20-/m0/s1. The molecular formula is C24H32F3N3O5. The number of fused-ring (bicyclic) bond motifs is 1. The van der Waals surface area contributed by atoms with E-state index in [0.717, 1.165) is 12.8 Å². The molecule has 0 aromatic heterocycles. The highest BCUT2D eigenvalue weighted by Gasteiger charge is 2.37. The second kappa shape index (κ2) is 10.8. The molecule has 1 fully saturated rings. The number of amides is 3. The molecule has 35 heavy (non-hydrogen) atoms. The van der Waals surface area contributed by atoms with Gasteiger partial charge in [-0.2, -0.15) is 13.2 Å². The summed E-state index contributed by atoms with van der Waals surface area (Å²) in [6, 6.07) is 3.77. The van der Waals surface area contributed by atoms with E-state index in [4.69, 9.17) is 9.47 Å². The van der Waals surface area contributed by atoms with Crippen LogP contribution in [0.15, 0.2) is 18.2 Å². The summed E-state index contributed by atoms with van der Waals surface area (Å²) in [6.07, 6.45) is -4.88. The van der Waals surface area contributed by atoms with Crippen LogP contribution >= 0.6 is 0 Å². The first kappa shape index (κ1) is 26.8. The van der Waals surface area contributed by atoms with Crippen LogP contribution in [0.2, 0.25) is 0 Å². The molecule has 1 N–H and O–H groups in total. The fraction of sp³-hybridized carbons (Fsp3) is 0.625. The Balaban J connectivity index is 1.91. The topological polar surface area (TPSA) is 88.2 Å². The number of nitrogens with one attached hydrogen (secondary N) is 1. The van der Waals surface area contributed by atoms with Crippen molar-refractivity contribution in [2.75, 3.05) is 39.2 Å². The van der Waals surface area contributed by atoms with Crippen molar-refractivity contribution in [3.63, 3.8) is 0 Å². The second-order valence-electron chi connectivity index (χ2n) is 9.41. The van der Waals surface area contributed by atoms with Crippen LogP contribution in [0.3, 0.4) is 0 Å². The van der Waals surface area contributed by atoms with Crippen molar-refractivity contribution in [3.05, 3.63) is 23.8 Å². The summed E-state index contributed by atoms with van der Waals surface area (Å²) >= 11 is 0.